The Morgan fingerprint density at radius 3 is 2.96 bits per heavy atom. The molecular weight excluding hydrogens is 383 g/mol. The van der Waals surface area contributed by atoms with Crippen molar-refractivity contribution in [3.05, 3.63) is 69.2 Å². The van der Waals surface area contributed by atoms with Gasteiger partial charge < -0.3 is 9.84 Å². The van der Waals surface area contributed by atoms with Crippen molar-refractivity contribution < 1.29 is 13.7 Å². The Bertz CT molecular complexity index is 1180. The van der Waals surface area contributed by atoms with Crippen molar-refractivity contribution in [2.45, 2.75) is 19.5 Å². The van der Waals surface area contributed by atoms with Crippen molar-refractivity contribution in [1.82, 2.24) is 20.0 Å². The molecule has 0 aliphatic heterocycles. The minimum atomic E-state index is -0.444. The lowest BCUT2D eigenvalue weighted by Crippen LogP contribution is -2.27. The van der Waals surface area contributed by atoms with E-state index in [-0.39, 0.29) is 35.7 Å². The van der Waals surface area contributed by atoms with Gasteiger partial charge in [-0.25, -0.2) is 9.37 Å². The number of aromatic nitrogens is 3. The first kappa shape index (κ1) is 18.1. The van der Waals surface area contributed by atoms with Gasteiger partial charge in [-0.05, 0) is 23.6 Å². The highest BCUT2D eigenvalue weighted by molar-refractivity contribution is 7.09. The van der Waals surface area contributed by atoms with E-state index in [1.807, 2.05) is 17.5 Å². The second kappa shape index (κ2) is 7.73. The number of benzene rings is 1. The first-order valence-corrected chi connectivity index (χ1v) is 9.39. The predicted octanol–water partition coefficient (Wildman–Crippen LogP) is 2.96. The van der Waals surface area contributed by atoms with Crippen LogP contribution in [0.3, 0.4) is 0 Å². The summed E-state index contributed by atoms with van der Waals surface area (Å²) >= 11 is 1.56. The summed E-state index contributed by atoms with van der Waals surface area (Å²) in [6, 6.07) is 9.59. The van der Waals surface area contributed by atoms with Crippen LogP contribution in [0.2, 0.25) is 0 Å². The maximum atomic E-state index is 13.5. The third-order valence-corrected chi connectivity index (χ3v) is 5.06. The Morgan fingerprint density at radius 2 is 2.18 bits per heavy atom. The fraction of sp³-hybridized carbons (Fsp3) is 0.158. The SMILES string of the molecule is O=C(CCn1cnc2onc(-c3cccc(F)c3)c2c1=O)NCc1cccs1. The van der Waals surface area contributed by atoms with E-state index >= 15 is 0 Å². The van der Waals surface area contributed by atoms with Crippen molar-refractivity contribution >= 4 is 28.3 Å². The summed E-state index contributed by atoms with van der Waals surface area (Å²) in [7, 11) is 0. The summed E-state index contributed by atoms with van der Waals surface area (Å²) in [6.07, 6.45) is 1.44. The van der Waals surface area contributed by atoms with E-state index < -0.39 is 11.4 Å². The summed E-state index contributed by atoms with van der Waals surface area (Å²) < 4.78 is 20.0. The molecule has 4 aromatic rings. The van der Waals surface area contributed by atoms with Gasteiger partial charge in [-0.3, -0.25) is 14.2 Å². The van der Waals surface area contributed by atoms with Crippen LogP contribution in [0.15, 0.2) is 57.4 Å². The Morgan fingerprint density at radius 1 is 1.29 bits per heavy atom. The Kier molecular flexibility index (Phi) is 4.98. The van der Waals surface area contributed by atoms with E-state index in [1.165, 1.54) is 29.1 Å². The molecular formula is C19H15FN4O3S. The molecule has 0 saturated carbocycles. The molecule has 0 saturated heterocycles. The molecule has 3 aromatic heterocycles. The Balaban J connectivity index is 1.53. The molecule has 0 aliphatic carbocycles. The van der Waals surface area contributed by atoms with E-state index in [9.17, 15) is 14.0 Å². The molecule has 0 unspecified atom stereocenters. The maximum absolute atomic E-state index is 13.5. The Labute approximate surface area is 162 Å². The zero-order valence-electron chi connectivity index (χ0n) is 14.6. The average molecular weight is 398 g/mol. The van der Waals surface area contributed by atoms with E-state index in [1.54, 1.807) is 17.4 Å². The second-order valence-corrected chi connectivity index (χ2v) is 7.10. The zero-order valence-corrected chi connectivity index (χ0v) is 15.4. The van der Waals surface area contributed by atoms with Gasteiger partial charge in [0.05, 0.1) is 6.54 Å². The van der Waals surface area contributed by atoms with Gasteiger partial charge in [0.15, 0.2) is 0 Å². The normalized spacial score (nSPS) is 11.0. The smallest absolute Gasteiger partial charge is 0.266 e. The number of hydrogen-bond acceptors (Lipinski definition) is 6. The van der Waals surface area contributed by atoms with Gasteiger partial charge in [-0.2, -0.15) is 0 Å². The van der Waals surface area contributed by atoms with Gasteiger partial charge in [0, 0.05) is 23.4 Å². The molecule has 0 fully saturated rings. The van der Waals surface area contributed by atoms with Crippen LogP contribution in [0.5, 0.6) is 0 Å². The number of hydrogen-bond donors (Lipinski definition) is 1. The highest BCUT2D eigenvalue weighted by Gasteiger charge is 2.17. The number of nitrogens with zero attached hydrogens (tertiary/aromatic N) is 3. The second-order valence-electron chi connectivity index (χ2n) is 6.07. The molecule has 0 spiro atoms. The molecule has 3 heterocycles. The molecule has 0 atom stereocenters. The molecule has 0 bridgehead atoms. The quantitative estimate of drug-likeness (QED) is 0.539. The van der Waals surface area contributed by atoms with Crippen LogP contribution in [-0.2, 0) is 17.9 Å². The van der Waals surface area contributed by atoms with E-state index in [4.69, 9.17) is 4.52 Å². The minimum absolute atomic E-state index is 0.0719. The number of rotatable bonds is 6. The summed E-state index contributed by atoms with van der Waals surface area (Å²) in [6.45, 7) is 0.615. The molecule has 1 N–H and O–H groups in total. The van der Waals surface area contributed by atoms with Crippen molar-refractivity contribution in [2.75, 3.05) is 0 Å². The summed E-state index contributed by atoms with van der Waals surface area (Å²) in [4.78, 5) is 30.0. The van der Waals surface area contributed by atoms with Crippen LogP contribution < -0.4 is 10.9 Å². The number of halogens is 1. The highest BCUT2D eigenvalue weighted by atomic mass is 32.1. The predicted molar refractivity (Wildman–Crippen MR) is 102 cm³/mol. The third kappa shape index (κ3) is 3.70. The average Bonchev–Trinajstić information content (AvgIpc) is 3.36. The van der Waals surface area contributed by atoms with Crippen molar-refractivity contribution in [2.24, 2.45) is 0 Å². The fourth-order valence-electron chi connectivity index (χ4n) is 2.78. The van der Waals surface area contributed by atoms with Gasteiger partial charge in [0.2, 0.25) is 5.91 Å². The van der Waals surface area contributed by atoms with Crippen molar-refractivity contribution in [3.63, 3.8) is 0 Å². The summed E-state index contributed by atoms with van der Waals surface area (Å²) in [5.74, 6) is -0.614. The Hall–Kier alpha value is -3.33. The number of thiophene rings is 1. The minimum Gasteiger partial charge on any atom is -0.351 e. The van der Waals surface area contributed by atoms with Gasteiger partial charge in [0.1, 0.15) is 23.2 Å². The van der Waals surface area contributed by atoms with Crippen LogP contribution in [0.1, 0.15) is 11.3 Å². The largest absolute Gasteiger partial charge is 0.351 e. The van der Waals surface area contributed by atoms with E-state index in [0.717, 1.165) is 4.88 Å². The number of carbonyl (C=O) groups excluding carboxylic acids is 1. The molecule has 1 aromatic carbocycles. The molecule has 7 nitrogen and oxygen atoms in total. The summed E-state index contributed by atoms with van der Waals surface area (Å²) in [5.41, 5.74) is 0.326. The van der Waals surface area contributed by atoms with Crippen LogP contribution in [-0.4, -0.2) is 20.6 Å². The number of fused-ring (bicyclic) bond motifs is 1. The first-order chi connectivity index (χ1) is 13.6. The van der Waals surface area contributed by atoms with Crippen LogP contribution in [0, 0.1) is 5.82 Å². The number of nitrogens with one attached hydrogen (secondary N) is 1. The number of carbonyl (C=O) groups is 1. The maximum Gasteiger partial charge on any atom is 0.266 e. The van der Waals surface area contributed by atoms with Crippen molar-refractivity contribution in [1.29, 1.82) is 0 Å². The van der Waals surface area contributed by atoms with Crippen molar-refractivity contribution in [3.8, 4) is 11.3 Å². The standard InChI is InChI=1S/C19H15FN4O3S/c20-13-4-1-3-12(9-13)17-16-18(27-23-17)22-11-24(19(16)26)7-6-15(25)21-10-14-5-2-8-28-14/h1-5,8-9,11H,6-7,10H2,(H,21,25). The van der Waals surface area contributed by atoms with Crippen LogP contribution in [0.4, 0.5) is 4.39 Å². The van der Waals surface area contributed by atoms with E-state index in [0.29, 0.717) is 12.1 Å². The molecule has 9 heteroatoms. The molecule has 4 rings (SSSR count). The van der Waals surface area contributed by atoms with Gasteiger partial charge in [-0.15, -0.1) is 11.3 Å². The molecule has 0 radical (unpaired) electrons. The van der Waals surface area contributed by atoms with E-state index in [2.05, 4.69) is 15.5 Å². The monoisotopic (exact) mass is 398 g/mol. The van der Waals surface area contributed by atoms with Crippen LogP contribution >= 0.6 is 11.3 Å². The summed E-state index contributed by atoms with van der Waals surface area (Å²) in [5, 5.41) is 8.78. The van der Waals surface area contributed by atoms with Gasteiger partial charge in [0.25, 0.3) is 11.3 Å². The topological polar surface area (TPSA) is 90.0 Å². The third-order valence-electron chi connectivity index (χ3n) is 4.18. The van der Waals surface area contributed by atoms with Gasteiger partial charge in [-0.1, -0.05) is 23.4 Å². The molecule has 0 aliphatic rings. The molecule has 142 valence electrons. The lowest BCUT2D eigenvalue weighted by atomic mass is 10.1. The first-order valence-electron chi connectivity index (χ1n) is 8.51. The van der Waals surface area contributed by atoms with Crippen LogP contribution in [0.25, 0.3) is 22.4 Å². The zero-order chi connectivity index (χ0) is 19.5. The number of aryl methyl sites for hydroxylation is 1. The lowest BCUT2D eigenvalue weighted by molar-refractivity contribution is -0.121. The molecule has 1 amide bonds. The number of amides is 1. The highest BCUT2D eigenvalue weighted by Crippen LogP contribution is 2.24. The lowest BCUT2D eigenvalue weighted by Gasteiger charge is -2.06. The van der Waals surface area contributed by atoms with Gasteiger partial charge >= 0.3 is 0 Å². The fourth-order valence-corrected chi connectivity index (χ4v) is 3.43. The molecule has 28 heavy (non-hydrogen) atoms.